The third-order valence-corrected chi connectivity index (χ3v) is 4.94. The molecule has 0 aliphatic rings. The Hall–Kier alpha value is -0.450. The van der Waals surface area contributed by atoms with E-state index < -0.39 is 26.1 Å². The average molecular weight is 252 g/mol. The Morgan fingerprint density at radius 2 is 2.07 bits per heavy atom. The standard InChI is InChI=1S/C8H16N2O3S2/c1-3-8(7-9)15(12,13)10-5-6-14(11)4-2/h8,10H,3-6H2,1-2H3. The predicted octanol–water partition coefficient (Wildman–Crippen LogP) is -0.0234. The molecule has 88 valence electrons. The Balaban J connectivity index is 4.18. The van der Waals surface area contributed by atoms with E-state index in [1.54, 1.807) is 19.9 Å². The first-order valence-corrected chi connectivity index (χ1v) is 7.74. The van der Waals surface area contributed by atoms with Crippen molar-refractivity contribution in [3.63, 3.8) is 0 Å². The summed E-state index contributed by atoms with van der Waals surface area (Å²) in [5.41, 5.74) is 0. The van der Waals surface area contributed by atoms with Crippen LogP contribution in [-0.4, -0.2) is 35.9 Å². The van der Waals surface area contributed by atoms with Crippen LogP contribution in [0.3, 0.4) is 0 Å². The maximum atomic E-state index is 11.4. The first-order chi connectivity index (χ1) is 6.97. The van der Waals surface area contributed by atoms with Gasteiger partial charge >= 0.3 is 0 Å². The normalized spacial score (nSPS) is 15.5. The minimum absolute atomic E-state index is 0.126. The van der Waals surface area contributed by atoms with Gasteiger partial charge in [-0.1, -0.05) is 13.8 Å². The molecular formula is C8H16N2O3S2. The summed E-state index contributed by atoms with van der Waals surface area (Å²) in [4.78, 5) is 0. The van der Waals surface area contributed by atoms with Gasteiger partial charge in [-0.05, 0) is 6.42 Å². The van der Waals surface area contributed by atoms with Gasteiger partial charge in [0.25, 0.3) is 0 Å². The highest BCUT2D eigenvalue weighted by Gasteiger charge is 2.22. The van der Waals surface area contributed by atoms with Gasteiger partial charge < -0.3 is 0 Å². The van der Waals surface area contributed by atoms with E-state index in [2.05, 4.69) is 4.72 Å². The van der Waals surface area contributed by atoms with Crippen molar-refractivity contribution >= 4 is 20.8 Å². The van der Waals surface area contributed by atoms with Gasteiger partial charge in [0.2, 0.25) is 10.0 Å². The van der Waals surface area contributed by atoms with E-state index in [-0.39, 0.29) is 18.7 Å². The number of nitrogens with zero attached hydrogens (tertiary/aromatic N) is 1. The minimum atomic E-state index is -3.57. The maximum absolute atomic E-state index is 11.4. The first kappa shape index (κ1) is 14.6. The zero-order valence-electron chi connectivity index (χ0n) is 8.89. The molecule has 0 heterocycles. The molecule has 0 radical (unpaired) electrons. The van der Waals surface area contributed by atoms with Crippen LogP contribution < -0.4 is 4.72 Å². The summed E-state index contributed by atoms with van der Waals surface area (Å²) in [5, 5.41) is 7.57. The van der Waals surface area contributed by atoms with Gasteiger partial charge in [0.1, 0.15) is 0 Å². The second kappa shape index (κ2) is 6.93. The van der Waals surface area contributed by atoms with E-state index in [0.29, 0.717) is 5.75 Å². The minimum Gasteiger partial charge on any atom is -0.260 e. The van der Waals surface area contributed by atoms with Crippen molar-refractivity contribution in [3.05, 3.63) is 0 Å². The SMILES string of the molecule is CCC(C#N)S(=O)(=O)NCCS(=O)CC. The van der Waals surface area contributed by atoms with Crippen molar-refractivity contribution in [2.24, 2.45) is 0 Å². The van der Waals surface area contributed by atoms with E-state index in [1.165, 1.54) is 0 Å². The molecule has 2 atom stereocenters. The van der Waals surface area contributed by atoms with E-state index in [0.717, 1.165) is 0 Å². The molecule has 0 aliphatic heterocycles. The van der Waals surface area contributed by atoms with Gasteiger partial charge in [-0.15, -0.1) is 0 Å². The van der Waals surface area contributed by atoms with Crippen molar-refractivity contribution in [1.29, 1.82) is 5.26 Å². The molecule has 7 heteroatoms. The molecule has 0 aromatic rings. The van der Waals surface area contributed by atoms with Crippen LogP contribution in [0.1, 0.15) is 20.3 Å². The number of nitrogens with one attached hydrogen (secondary N) is 1. The van der Waals surface area contributed by atoms with Crippen molar-refractivity contribution in [2.45, 2.75) is 25.5 Å². The molecular weight excluding hydrogens is 236 g/mol. The third-order valence-electron chi connectivity index (χ3n) is 1.84. The molecule has 0 rings (SSSR count). The molecule has 0 saturated carbocycles. The lowest BCUT2D eigenvalue weighted by atomic mass is 10.4. The largest absolute Gasteiger partial charge is 0.260 e. The quantitative estimate of drug-likeness (QED) is 0.689. The van der Waals surface area contributed by atoms with Gasteiger partial charge in [-0.3, -0.25) is 4.21 Å². The van der Waals surface area contributed by atoms with E-state index in [1.807, 2.05) is 0 Å². The summed E-state index contributed by atoms with van der Waals surface area (Å²) < 4.78 is 36.2. The van der Waals surface area contributed by atoms with E-state index in [4.69, 9.17) is 5.26 Å². The molecule has 0 aromatic heterocycles. The number of hydrogen-bond donors (Lipinski definition) is 1. The fourth-order valence-corrected chi connectivity index (χ4v) is 2.84. The summed E-state index contributed by atoms with van der Waals surface area (Å²) in [7, 11) is -4.56. The van der Waals surface area contributed by atoms with Gasteiger partial charge in [0, 0.05) is 28.9 Å². The van der Waals surface area contributed by atoms with Crippen LogP contribution in [0.2, 0.25) is 0 Å². The molecule has 5 nitrogen and oxygen atoms in total. The molecule has 0 fully saturated rings. The average Bonchev–Trinajstić information content (AvgIpc) is 2.18. The Labute approximate surface area is 93.4 Å². The van der Waals surface area contributed by atoms with Crippen molar-refractivity contribution < 1.29 is 12.6 Å². The Kier molecular flexibility index (Phi) is 6.72. The molecule has 0 spiro atoms. The summed E-state index contributed by atoms with van der Waals surface area (Å²) in [5.74, 6) is 0.800. The van der Waals surface area contributed by atoms with Crippen molar-refractivity contribution in [2.75, 3.05) is 18.1 Å². The summed E-state index contributed by atoms with van der Waals surface area (Å²) in [6.45, 7) is 3.53. The lowest BCUT2D eigenvalue weighted by Crippen LogP contribution is -2.35. The number of hydrogen-bond acceptors (Lipinski definition) is 4. The molecule has 0 aromatic carbocycles. The lowest BCUT2D eigenvalue weighted by Gasteiger charge is -2.09. The smallest absolute Gasteiger partial charge is 0.227 e. The van der Waals surface area contributed by atoms with Crippen LogP contribution in [0.15, 0.2) is 0 Å². The highest BCUT2D eigenvalue weighted by Crippen LogP contribution is 2.01. The zero-order chi connectivity index (χ0) is 11.9. The third kappa shape index (κ3) is 5.25. The molecule has 15 heavy (non-hydrogen) atoms. The maximum Gasteiger partial charge on any atom is 0.227 e. The molecule has 0 bridgehead atoms. The fraction of sp³-hybridized carbons (Fsp3) is 0.875. The lowest BCUT2D eigenvalue weighted by molar-refractivity contribution is 0.575. The zero-order valence-corrected chi connectivity index (χ0v) is 10.5. The molecule has 1 N–H and O–H groups in total. The Morgan fingerprint density at radius 1 is 1.47 bits per heavy atom. The second-order valence-electron chi connectivity index (χ2n) is 2.90. The number of sulfonamides is 1. The van der Waals surface area contributed by atoms with Crippen LogP contribution >= 0.6 is 0 Å². The monoisotopic (exact) mass is 252 g/mol. The number of nitriles is 1. The highest BCUT2D eigenvalue weighted by atomic mass is 32.2. The van der Waals surface area contributed by atoms with Crippen LogP contribution in [0.25, 0.3) is 0 Å². The molecule has 0 aliphatic carbocycles. The molecule has 0 amide bonds. The van der Waals surface area contributed by atoms with Crippen LogP contribution in [0, 0.1) is 11.3 Å². The highest BCUT2D eigenvalue weighted by molar-refractivity contribution is 7.90. The first-order valence-electron chi connectivity index (χ1n) is 4.71. The number of rotatable bonds is 7. The van der Waals surface area contributed by atoms with Gasteiger partial charge in [-0.2, -0.15) is 5.26 Å². The second-order valence-corrected chi connectivity index (χ2v) is 6.71. The van der Waals surface area contributed by atoms with Gasteiger partial charge in [-0.25, -0.2) is 13.1 Å². The van der Waals surface area contributed by atoms with Crippen LogP contribution in [0.5, 0.6) is 0 Å². The fourth-order valence-electron chi connectivity index (χ4n) is 0.923. The van der Waals surface area contributed by atoms with E-state index >= 15 is 0 Å². The topological polar surface area (TPSA) is 87.0 Å². The Morgan fingerprint density at radius 3 is 2.47 bits per heavy atom. The van der Waals surface area contributed by atoms with Gasteiger partial charge in [0.15, 0.2) is 5.25 Å². The van der Waals surface area contributed by atoms with Gasteiger partial charge in [0.05, 0.1) is 6.07 Å². The molecule has 0 saturated heterocycles. The Bertz CT molecular complexity index is 345. The summed E-state index contributed by atoms with van der Waals surface area (Å²) in [6, 6.07) is 1.72. The predicted molar refractivity (Wildman–Crippen MR) is 60.2 cm³/mol. The van der Waals surface area contributed by atoms with E-state index in [9.17, 15) is 12.6 Å². The summed E-state index contributed by atoms with van der Waals surface area (Å²) in [6.07, 6.45) is 0.253. The van der Waals surface area contributed by atoms with Crippen molar-refractivity contribution in [1.82, 2.24) is 4.72 Å². The summed E-state index contributed by atoms with van der Waals surface area (Å²) >= 11 is 0. The molecule has 2 unspecified atom stereocenters. The van der Waals surface area contributed by atoms with Crippen LogP contribution in [0.4, 0.5) is 0 Å². The van der Waals surface area contributed by atoms with Crippen molar-refractivity contribution in [3.8, 4) is 6.07 Å². The van der Waals surface area contributed by atoms with Crippen LogP contribution in [-0.2, 0) is 20.8 Å².